The Balaban J connectivity index is 2.11. The minimum atomic E-state index is 0.179. The van der Waals surface area contributed by atoms with E-state index < -0.39 is 0 Å². The molecule has 0 aromatic heterocycles. The van der Waals surface area contributed by atoms with Crippen LogP contribution in [0, 0.1) is 13.8 Å². The van der Waals surface area contributed by atoms with Gasteiger partial charge in [0.15, 0.2) is 0 Å². The summed E-state index contributed by atoms with van der Waals surface area (Å²) in [5.74, 6) is 1.64. The topological polar surface area (TPSA) is 38.7 Å². The zero-order chi connectivity index (χ0) is 13.8. The van der Waals surface area contributed by atoms with Crippen LogP contribution in [-0.2, 0) is 6.61 Å². The summed E-state index contributed by atoms with van der Waals surface area (Å²) in [5, 5.41) is 9.57. The largest absolute Gasteiger partial charge is 0.508 e. The summed E-state index contributed by atoms with van der Waals surface area (Å²) >= 11 is 0. The number of aryl methyl sites for hydroxylation is 2. The monoisotopic (exact) mass is 258 g/mol. The third-order valence-electron chi connectivity index (χ3n) is 2.79. The molecule has 0 aliphatic carbocycles. The van der Waals surface area contributed by atoms with Gasteiger partial charge >= 0.3 is 0 Å². The highest BCUT2D eigenvalue weighted by Gasteiger charge is 2.02. The molecular formula is C16H18O3. The Kier molecular flexibility index (Phi) is 3.95. The number of ether oxygens (including phenoxy) is 2. The van der Waals surface area contributed by atoms with E-state index in [0.717, 1.165) is 11.3 Å². The number of hydrogen-bond acceptors (Lipinski definition) is 3. The molecule has 0 unspecified atom stereocenters. The summed E-state index contributed by atoms with van der Waals surface area (Å²) in [6.07, 6.45) is 0. The number of methoxy groups -OCH3 is 1. The van der Waals surface area contributed by atoms with Gasteiger partial charge in [0.1, 0.15) is 23.9 Å². The van der Waals surface area contributed by atoms with Crippen LogP contribution >= 0.6 is 0 Å². The van der Waals surface area contributed by atoms with E-state index in [1.807, 2.05) is 32.0 Å². The zero-order valence-electron chi connectivity index (χ0n) is 11.4. The van der Waals surface area contributed by atoms with Gasteiger partial charge in [-0.05, 0) is 54.8 Å². The fourth-order valence-corrected chi connectivity index (χ4v) is 2.03. The Labute approximate surface area is 113 Å². The van der Waals surface area contributed by atoms with Crippen molar-refractivity contribution in [1.82, 2.24) is 0 Å². The van der Waals surface area contributed by atoms with Gasteiger partial charge in [0.2, 0.25) is 0 Å². The minimum Gasteiger partial charge on any atom is -0.508 e. The SMILES string of the molecule is COc1cc(O)cc(COc2cc(C)cc(C)c2)c1. The molecule has 3 nitrogen and oxygen atoms in total. The van der Waals surface area contributed by atoms with Crippen molar-refractivity contribution in [2.24, 2.45) is 0 Å². The van der Waals surface area contributed by atoms with Crippen molar-refractivity contribution >= 4 is 0 Å². The Morgan fingerprint density at radius 1 is 0.895 bits per heavy atom. The minimum absolute atomic E-state index is 0.179. The second-order valence-corrected chi connectivity index (χ2v) is 4.65. The van der Waals surface area contributed by atoms with Crippen LogP contribution in [-0.4, -0.2) is 12.2 Å². The fraction of sp³-hybridized carbons (Fsp3) is 0.250. The van der Waals surface area contributed by atoms with Gasteiger partial charge in [-0.1, -0.05) is 6.07 Å². The van der Waals surface area contributed by atoms with E-state index in [1.54, 1.807) is 19.2 Å². The highest BCUT2D eigenvalue weighted by atomic mass is 16.5. The van der Waals surface area contributed by atoms with Crippen LogP contribution in [0.3, 0.4) is 0 Å². The zero-order valence-corrected chi connectivity index (χ0v) is 11.4. The molecule has 0 aliphatic heterocycles. The molecule has 3 heteroatoms. The number of benzene rings is 2. The Morgan fingerprint density at radius 3 is 2.21 bits per heavy atom. The molecule has 0 radical (unpaired) electrons. The summed E-state index contributed by atoms with van der Waals surface area (Å²) in [6.45, 7) is 4.47. The summed E-state index contributed by atoms with van der Waals surface area (Å²) in [4.78, 5) is 0. The summed E-state index contributed by atoms with van der Waals surface area (Å²) in [6, 6.07) is 11.2. The van der Waals surface area contributed by atoms with Crippen LogP contribution in [0.4, 0.5) is 0 Å². The highest BCUT2D eigenvalue weighted by molar-refractivity contribution is 5.38. The van der Waals surface area contributed by atoms with Gasteiger partial charge in [-0.25, -0.2) is 0 Å². The maximum atomic E-state index is 9.57. The van der Waals surface area contributed by atoms with Crippen LogP contribution in [0.2, 0.25) is 0 Å². The van der Waals surface area contributed by atoms with E-state index in [9.17, 15) is 5.11 Å². The summed E-state index contributed by atoms with van der Waals surface area (Å²) in [5.41, 5.74) is 3.21. The number of phenolic OH excluding ortho intramolecular Hbond substituents is 1. The van der Waals surface area contributed by atoms with Gasteiger partial charge in [-0.3, -0.25) is 0 Å². The second kappa shape index (κ2) is 5.65. The van der Waals surface area contributed by atoms with Crippen LogP contribution in [0.1, 0.15) is 16.7 Å². The number of phenols is 1. The van der Waals surface area contributed by atoms with Gasteiger partial charge in [0.05, 0.1) is 7.11 Å². The van der Waals surface area contributed by atoms with Gasteiger partial charge in [-0.2, -0.15) is 0 Å². The molecule has 0 spiro atoms. The summed E-state index contributed by atoms with van der Waals surface area (Å²) in [7, 11) is 1.57. The summed E-state index contributed by atoms with van der Waals surface area (Å²) < 4.78 is 10.9. The average Bonchev–Trinajstić information content (AvgIpc) is 2.34. The van der Waals surface area contributed by atoms with Crippen molar-refractivity contribution in [1.29, 1.82) is 0 Å². The fourth-order valence-electron chi connectivity index (χ4n) is 2.03. The molecule has 19 heavy (non-hydrogen) atoms. The molecule has 2 rings (SSSR count). The van der Waals surface area contributed by atoms with E-state index in [2.05, 4.69) is 6.07 Å². The third kappa shape index (κ3) is 3.65. The van der Waals surface area contributed by atoms with Gasteiger partial charge in [0.25, 0.3) is 0 Å². The van der Waals surface area contributed by atoms with Crippen molar-refractivity contribution in [2.45, 2.75) is 20.5 Å². The van der Waals surface area contributed by atoms with E-state index in [0.29, 0.717) is 12.4 Å². The molecule has 1 N–H and O–H groups in total. The molecular weight excluding hydrogens is 240 g/mol. The first-order valence-corrected chi connectivity index (χ1v) is 6.15. The Bertz CT molecular complexity index is 556. The Hall–Kier alpha value is -2.16. The normalized spacial score (nSPS) is 10.3. The van der Waals surface area contributed by atoms with Crippen LogP contribution in [0.15, 0.2) is 36.4 Å². The molecule has 0 amide bonds. The lowest BCUT2D eigenvalue weighted by Crippen LogP contribution is -1.97. The molecule has 100 valence electrons. The van der Waals surface area contributed by atoms with Crippen molar-refractivity contribution in [3.63, 3.8) is 0 Å². The molecule has 0 bridgehead atoms. The lowest BCUT2D eigenvalue weighted by molar-refractivity contribution is 0.304. The van der Waals surface area contributed by atoms with Crippen molar-refractivity contribution in [3.05, 3.63) is 53.1 Å². The first-order chi connectivity index (χ1) is 9.06. The van der Waals surface area contributed by atoms with E-state index in [1.165, 1.54) is 11.1 Å². The van der Waals surface area contributed by atoms with Gasteiger partial charge in [0, 0.05) is 6.07 Å². The van der Waals surface area contributed by atoms with E-state index >= 15 is 0 Å². The number of hydrogen-bond donors (Lipinski definition) is 1. The van der Waals surface area contributed by atoms with Crippen molar-refractivity contribution in [2.75, 3.05) is 7.11 Å². The maximum Gasteiger partial charge on any atom is 0.122 e. The molecule has 2 aromatic rings. The third-order valence-corrected chi connectivity index (χ3v) is 2.79. The molecule has 0 saturated heterocycles. The highest BCUT2D eigenvalue weighted by Crippen LogP contribution is 2.23. The van der Waals surface area contributed by atoms with Crippen LogP contribution in [0.25, 0.3) is 0 Å². The quantitative estimate of drug-likeness (QED) is 0.910. The Morgan fingerprint density at radius 2 is 1.58 bits per heavy atom. The number of rotatable bonds is 4. The molecule has 0 atom stereocenters. The van der Waals surface area contributed by atoms with E-state index in [4.69, 9.17) is 9.47 Å². The maximum absolute atomic E-state index is 9.57. The van der Waals surface area contributed by atoms with Gasteiger partial charge in [-0.15, -0.1) is 0 Å². The first-order valence-electron chi connectivity index (χ1n) is 6.15. The smallest absolute Gasteiger partial charge is 0.122 e. The average molecular weight is 258 g/mol. The van der Waals surface area contributed by atoms with Crippen LogP contribution < -0.4 is 9.47 Å². The standard InChI is InChI=1S/C16H18O3/c1-11-4-12(2)6-16(5-11)19-10-13-7-14(17)9-15(8-13)18-3/h4-9,17H,10H2,1-3H3. The van der Waals surface area contributed by atoms with Crippen molar-refractivity contribution < 1.29 is 14.6 Å². The molecule has 0 aliphatic rings. The molecule has 0 fully saturated rings. The lowest BCUT2D eigenvalue weighted by atomic mass is 10.1. The van der Waals surface area contributed by atoms with Crippen LogP contribution in [0.5, 0.6) is 17.2 Å². The predicted molar refractivity (Wildman–Crippen MR) is 74.9 cm³/mol. The molecule has 0 saturated carbocycles. The first kappa shape index (κ1) is 13.3. The predicted octanol–water partition coefficient (Wildman–Crippen LogP) is 3.60. The number of aromatic hydroxyl groups is 1. The molecule has 2 aromatic carbocycles. The van der Waals surface area contributed by atoms with Gasteiger partial charge < -0.3 is 14.6 Å². The second-order valence-electron chi connectivity index (χ2n) is 4.65. The molecule has 0 heterocycles. The lowest BCUT2D eigenvalue weighted by Gasteiger charge is -2.10. The van der Waals surface area contributed by atoms with Crippen molar-refractivity contribution in [3.8, 4) is 17.2 Å². The van der Waals surface area contributed by atoms with E-state index in [-0.39, 0.29) is 5.75 Å².